The van der Waals surface area contributed by atoms with Crippen LogP contribution >= 0.6 is 11.6 Å². The first-order chi connectivity index (χ1) is 15.5. The van der Waals surface area contributed by atoms with E-state index >= 15 is 0 Å². The zero-order valence-corrected chi connectivity index (χ0v) is 19.2. The Balaban J connectivity index is 1.59. The van der Waals surface area contributed by atoms with E-state index < -0.39 is 0 Å². The van der Waals surface area contributed by atoms with Crippen LogP contribution in [0, 0.1) is 6.92 Å². The fraction of sp³-hybridized carbons (Fsp3) is 0.240. The van der Waals surface area contributed by atoms with Crippen LogP contribution < -0.4 is 24.8 Å². The number of para-hydroxylation sites is 1. The molecule has 3 aromatic rings. The third-order valence-electron chi connectivity index (χ3n) is 4.85. The van der Waals surface area contributed by atoms with Crippen LogP contribution in [0.3, 0.4) is 0 Å². The van der Waals surface area contributed by atoms with Gasteiger partial charge in [0.15, 0.2) is 18.1 Å². The van der Waals surface area contributed by atoms with E-state index in [9.17, 15) is 4.79 Å². The van der Waals surface area contributed by atoms with Crippen LogP contribution in [-0.2, 0) is 17.9 Å². The van der Waals surface area contributed by atoms with Crippen molar-refractivity contribution in [3.63, 3.8) is 0 Å². The van der Waals surface area contributed by atoms with Crippen LogP contribution in [0.1, 0.15) is 16.7 Å². The van der Waals surface area contributed by atoms with E-state index in [1.807, 2.05) is 61.5 Å². The maximum absolute atomic E-state index is 12.2. The van der Waals surface area contributed by atoms with Gasteiger partial charge in [-0.3, -0.25) is 4.79 Å². The first-order valence-electron chi connectivity index (χ1n) is 10.2. The standard InChI is InChI=1S/C25H27ClN2O4/c1-17-8-10-20(11-9-17)28-25(29)16-32-24-13-21(26)19(12-23(24)31-3)15-27-14-18-6-4-5-7-22(18)30-2/h4-13,27H,14-16H2,1-3H3,(H,28,29). The van der Waals surface area contributed by atoms with E-state index in [4.69, 9.17) is 25.8 Å². The lowest BCUT2D eigenvalue weighted by molar-refractivity contribution is -0.118. The van der Waals surface area contributed by atoms with Gasteiger partial charge in [0, 0.05) is 35.4 Å². The third kappa shape index (κ3) is 6.39. The molecule has 32 heavy (non-hydrogen) atoms. The van der Waals surface area contributed by atoms with E-state index in [1.54, 1.807) is 20.3 Å². The van der Waals surface area contributed by atoms with E-state index in [2.05, 4.69) is 10.6 Å². The van der Waals surface area contributed by atoms with Crippen LogP contribution in [0.5, 0.6) is 17.2 Å². The number of ether oxygens (including phenoxy) is 3. The third-order valence-corrected chi connectivity index (χ3v) is 5.20. The molecule has 6 nitrogen and oxygen atoms in total. The molecule has 0 atom stereocenters. The van der Waals surface area contributed by atoms with Gasteiger partial charge < -0.3 is 24.8 Å². The molecule has 0 spiro atoms. The summed E-state index contributed by atoms with van der Waals surface area (Å²) in [4.78, 5) is 12.2. The number of hydrogen-bond acceptors (Lipinski definition) is 5. The average molecular weight is 455 g/mol. The number of amides is 1. The Bertz CT molecular complexity index is 1050. The Hall–Kier alpha value is -3.22. The molecular formula is C25H27ClN2O4. The van der Waals surface area contributed by atoms with E-state index in [0.29, 0.717) is 35.3 Å². The van der Waals surface area contributed by atoms with Gasteiger partial charge in [-0.15, -0.1) is 0 Å². The lowest BCUT2D eigenvalue weighted by Crippen LogP contribution is -2.20. The number of methoxy groups -OCH3 is 2. The van der Waals surface area contributed by atoms with Gasteiger partial charge in [0.2, 0.25) is 0 Å². The maximum atomic E-state index is 12.2. The monoisotopic (exact) mass is 454 g/mol. The molecule has 0 aromatic heterocycles. The minimum Gasteiger partial charge on any atom is -0.496 e. The van der Waals surface area contributed by atoms with Gasteiger partial charge in [0.1, 0.15) is 5.75 Å². The van der Waals surface area contributed by atoms with Crippen molar-refractivity contribution in [1.29, 1.82) is 0 Å². The number of rotatable bonds is 10. The molecule has 168 valence electrons. The van der Waals surface area contributed by atoms with Crippen LogP contribution in [0.4, 0.5) is 5.69 Å². The van der Waals surface area contributed by atoms with Gasteiger partial charge in [0.25, 0.3) is 5.91 Å². The molecule has 2 N–H and O–H groups in total. The number of aryl methyl sites for hydroxylation is 1. The number of nitrogens with one attached hydrogen (secondary N) is 2. The smallest absolute Gasteiger partial charge is 0.262 e. The molecule has 0 aliphatic carbocycles. The Kier molecular flexibility index (Phi) is 8.36. The van der Waals surface area contributed by atoms with Crippen molar-refractivity contribution in [2.45, 2.75) is 20.0 Å². The number of benzene rings is 3. The second-order valence-corrected chi connectivity index (χ2v) is 7.62. The zero-order chi connectivity index (χ0) is 22.9. The van der Waals surface area contributed by atoms with Gasteiger partial charge in [-0.05, 0) is 36.8 Å². The van der Waals surface area contributed by atoms with Crippen molar-refractivity contribution >= 4 is 23.2 Å². The summed E-state index contributed by atoms with van der Waals surface area (Å²) >= 11 is 6.46. The highest BCUT2D eigenvalue weighted by Gasteiger charge is 2.13. The summed E-state index contributed by atoms with van der Waals surface area (Å²) < 4.78 is 16.5. The van der Waals surface area contributed by atoms with Crippen molar-refractivity contribution in [2.75, 3.05) is 26.1 Å². The molecule has 0 unspecified atom stereocenters. The quantitative estimate of drug-likeness (QED) is 0.452. The molecule has 0 radical (unpaired) electrons. The number of halogens is 1. The van der Waals surface area contributed by atoms with Crippen molar-refractivity contribution in [3.8, 4) is 17.2 Å². The van der Waals surface area contributed by atoms with Crippen LogP contribution in [0.25, 0.3) is 0 Å². The van der Waals surface area contributed by atoms with Crippen LogP contribution in [-0.4, -0.2) is 26.7 Å². The molecule has 0 heterocycles. The summed E-state index contributed by atoms with van der Waals surface area (Å²) in [6.45, 7) is 2.98. The summed E-state index contributed by atoms with van der Waals surface area (Å²) in [5, 5.41) is 6.68. The molecule has 0 aliphatic heterocycles. The van der Waals surface area contributed by atoms with E-state index in [-0.39, 0.29) is 12.5 Å². The first kappa shape index (κ1) is 23.4. The Morgan fingerprint density at radius 1 is 0.875 bits per heavy atom. The molecule has 7 heteroatoms. The summed E-state index contributed by atoms with van der Waals surface area (Å²) in [6, 6.07) is 18.9. The van der Waals surface area contributed by atoms with E-state index in [1.165, 1.54) is 0 Å². The fourth-order valence-corrected chi connectivity index (χ4v) is 3.36. The molecule has 0 aliphatic rings. The zero-order valence-electron chi connectivity index (χ0n) is 18.4. The summed E-state index contributed by atoms with van der Waals surface area (Å²) in [7, 11) is 3.20. The van der Waals surface area contributed by atoms with Gasteiger partial charge >= 0.3 is 0 Å². The number of carbonyl (C=O) groups excluding carboxylic acids is 1. The maximum Gasteiger partial charge on any atom is 0.262 e. The van der Waals surface area contributed by atoms with E-state index in [0.717, 1.165) is 22.4 Å². The normalized spacial score (nSPS) is 10.5. The summed E-state index contributed by atoms with van der Waals surface area (Å²) in [5.41, 5.74) is 3.74. The largest absolute Gasteiger partial charge is 0.496 e. The Morgan fingerprint density at radius 3 is 2.28 bits per heavy atom. The lowest BCUT2D eigenvalue weighted by atomic mass is 10.1. The first-order valence-corrected chi connectivity index (χ1v) is 10.6. The predicted molar refractivity (Wildman–Crippen MR) is 127 cm³/mol. The molecule has 0 bridgehead atoms. The van der Waals surface area contributed by atoms with Gasteiger partial charge in [-0.1, -0.05) is 47.5 Å². The highest BCUT2D eigenvalue weighted by molar-refractivity contribution is 6.31. The van der Waals surface area contributed by atoms with Crippen molar-refractivity contribution in [1.82, 2.24) is 5.32 Å². The minimum atomic E-state index is -0.269. The Morgan fingerprint density at radius 2 is 1.56 bits per heavy atom. The number of anilines is 1. The van der Waals surface area contributed by atoms with Crippen molar-refractivity contribution in [2.24, 2.45) is 0 Å². The fourth-order valence-electron chi connectivity index (χ4n) is 3.14. The summed E-state index contributed by atoms with van der Waals surface area (Å²) in [6.07, 6.45) is 0. The summed E-state index contributed by atoms with van der Waals surface area (Å²) in [5.74, 6) is 1.47. The second kappa shape index (κ2) is 11.4. The highest BCUT2D eigenvalue weighted by atomic mass is 35.5. The van der Waals surface area contributed by atoms with Gasteiger partial charge in [-0.25, -0.2) is 0 Å². The Labute approximate surface area is 193 Å². The molecule has 3 aromatic carbocycles. The van der Waals surface area contributed by atoms with Crippen molar-refractivity contribution in [3.05, 3.63) is 82.4 Å². The molecular weight excluding hydrogens is 428 g/mol. The molecule has 0 fully saturated rings. The molecule has 1 amide bonds. The van der Waals surface area contributed by atoms with Crippen molar-refractivity contribution < 1.29 is 19.0 Å². The predicted octanol–water partition coefficient (Wildman–Crippen LogP) is 4.97. The molecule has 3 rings (SSSR count). The lowest BCUT2D eigenvalue weighted by Gasteiger charge is -2.15. The van der Waals surface area contributed by atoms with Gasteiger partial charge in [-0.2, -0.15) is 0 Å². The minimum absolute atomic E-state index is 0.161. The highest BCUT2D eigenvalue weighted by Crippen LogP contribution is 2.33. The van der Waals surface area contributed by atoms with Gasteiger partial charge in [0.05, 0.1) is 14.2 Å². The SMILES string of the molecule is COc1ccccc1CNCc1cc(OC)c(OCC(=O)Nc2ccc(C)cc2)cc1Cl. The average Bonchev–Trinajstić information content (AvgIpc) is 2.80. The topological polar surface area (TPSA) is 68.8 Å². The van der Waals surface area contributed by atoms with Crippen LogP contribution in [0.2, 0.25) is 5.02 Å². The number of hydrogen-bond donors (Lipinski definition) is 2. The molecule has 0 saturated carbocycles. The second-order valence-electron chi connectivity index (χ2n) is 7.21. The number of carbonyl (C=O) groups is 1. The van der Waals surface area contributed by atoms with Crippen LogP contribution in [0.15, 0.2) is 60.7 Å². The molecule has 0 saturated heterocycles.